The van der Waals surface area contributed by atoms with Gasteiger partial charge in [0.05, 0.1) is 45.9 Å². The maximum atomic E-state index is 15.5. The Morgan fingerprint density at radius 3 is 1.53 bits per heavy atom. The Balaban J connectivity index is 1.95. The van der Waals surface area contributed by atoms with Crippen molar-refractivity contribution in [2.24, 2.45) is 29.6 Å². The van der Waals surface area contributed by atoms with Gasteiger partial charge in [-0.1, -0.05) is 120 Å². The number of likely N-dealkylation sites (N-methyl/N-ethyl adjacent to an activating group) is 6. The molecule has 0 unspecified atom stereocenters. The van der Waals surface area contributed by atoms with Crippen LogP contribution in [0.4, 0.5) is 0 Å². The van der Waals surface area contributed by atoms with E-state index in [9.17, 15) is 28.8 Å². The predicted octanol–water partition coefficient (Wildman–Crippen LogP) is 3.41. The Labute approximate surface area is 601 Å². The van der Waals surface area contributed by atoms with Crippen LogP contribution < -0.4 is 21.3 Å². The van der Waals surface area contributed by atoms with Crippen LogP contribution in [0, 0.1) is 29.6 Å². The highest BCUT2D eigenvalue weighted by atomic mass is 16.5. The molecule has 101 heavy (non-hydrogen) atoms. The highest BCUT2D eigenvalue weighted by molar-refractivity contribution is 6.00. The second kappa shape index (κ2) is 42.4. The minimum Gasteiger partial charge on any atom is -0.379 e. The Kier molecular flexibility index (Phi) is 36.1. The molecule has 3 aliphatic rings. The van der Waals surface area contributed by atoms with Crippen LogP contribution in [0.15, 0.2) is 30.3 Å². The van der Waals surface area contributed by atoms with E-state index in [1.165, 1.54) is 71.7 Å². The molecule has 0 spiro atoms. The number of carbonyl (C=O) groups is 12. The molecule has 4 rings (SSSR count). The van der Waals surface area contributed by atoms with Gasteiger partial charge in [0.25, 0.3) is 0 Å². The first-order valence-corrected chi connectivity index (χ1v) is 36.9. The van der Waals surface area contributed by atoms with Crippen molar-refractivity contribution < 1.29 is 67.0 Å². The van der Waals surface area contributed by atoms with Crippen LogP contribution in [-0.2, 0) is 73.4 Å². The number of ether oxygens (including phenoxy) is 2. The molecule has 0 radical (unpaired) electrons. The number of carbonyl (C=O) groups excluding carboxylic acids is 12. The SMILES string of the molecule is CCCCN1CC(=O)N(C)[C@@H](Cc2ccccc2)C(=O)N(C)[C@@H](CC(C)C)C(=O)N[C@@H](CC(C)C)C(=O)N(C)[C@@H](CC(C)C)C(=O)N[C@H](C(=O)N2CCCCC2)CC(=O)N(C)CC(=O)N(C)[C@@H](CC)C(=O)N[C@@H](C(C)C)C(=O)N(C)[C@@H](CC(C)C)C(=O)N[C@@H](COCCN2CCOCC2)C1=O. The molecule has 27 nitrogen and oxygen atoms in total. The second-order valence-electron chi connectivity index (χ2n) is 29.9. The zero-order valence-corrected chi connectivity index (χ0v) is 64.2. The predicted molar refractivity (Wildman–Crippen MR) is 386 cm³/mol. The summed E-state index contributed by atoms with van der Waals surface area (Å²) in [7, 11) is 8.65. The summed E-state index contributed by atoms with van der Waals surface area (Å²) in [6.07, 6.45) is 3.31. The zero-order valence-electron chi connectivity index (χ0n) is 64.2. The molecule has 27 heteroatoms. The van der Waals surface area contributed by atoms with Crippen LogP contribution >= 0.6 is 0 Å². The summed E-state index contributed by atoms with van der Waals surface area (Å²) in [6, 6.07) is -2.26. The van der Waals surface area contributed by atoms with Crippen molar-refractivity contribution in [1.82, 2.24) is 65.4 Å². The normalized spacial score (nSPS) is 25.1. The Hall–Kier alpha value is -7.26. The van der Waals surface area contributed by atoms with Gasteiger partial charge < -0.3 is 69.9 Å². The molecule has 3 aliphatic heterocycles. The largest absolute Gasteiger partial charge is 0.379 e. The lowest BCUT2D eigenvalue weighted by molar-refractivity contribution is -0.151. The van der Waals surface area contributed by atoms with E-state index in [4.69, 9.17) is 9.47 Å². The number of unbranched alkanes of at least 4 members (excludes halogenated alkanes) is 1. The van der Waals surface area contributed by atoms with Crippen LogP contribution in [-0.4, -0.2) is 290 Å². The Morgan fingerprint density at radius 2 is 1.01 bits per heavy atom. The monoisotopic (exact) mass is 1420 g/mol. The lowest BCUT2D eigenvalue weighted by Crippen LogP contribution is -2.61. The van der Waals surface area contributed by atoms with Crippen molar-refractivity contribution in [3.05, 3.63) is 35.9 Å². The first kappa shape index (κ1) is 86.1. The van der Waals surface area contributed by atoms with Crippen molar-refractivity contribution in [3.8, 4) is 0 Å². The van der Waals surface area contributed by atoms with Crippen molar-refractivity contribution in [1.29, 1.82) is 0 Å². The van der Waals surface area contributed by atoms with E-state index >= 15 is 28.8 Å². The van der Waals surface area contributed by atoms with E-state index in [1.807, 2.05) is 80.5 Å². The average molecular weight is 1420 g/mol. The van der Waals surface area contributed by atoms with Crippen molar-refractivity contribution in [2.75, 3.05) is 121 Å². The fourth-order valence-electron chi connectivity index (χ4n) is 13.1. The molecule has 570 valence electrons. The van der Waals surface area contributed by atoms with Gasteiger partial charge in [0.2, 0.25) is 70.9 Å². The number of likely N-dealkylation sites (tertiary alicyclic amines) is 1. The first-order chi connectivity index (χ1) is 47.6. The minimum absolute atomic E-state index is 0.00448. The number of benzene rings is 1. The molecule has 0 bridgehead atoms. The van der Waals surface area contributed by atoms with E-state index < -0.39 is 151 Å². The summed E-state index contributed by atoms with van der Waals surface area (Å²) in [5.74, 6) is -9.06. The number of hydrogen-bond acceptors (Lipinski definition) is 15. The van der Waals surface area contributed by atoms with Crippen LogP contribution in [0.1, 0.15) is 159 Å². The highest BCUT2D eigenvalue weighted by Gasteiger charge is 2.43. The first-order valence-electron chi connectivity index (χ1n) is 36.9. The molecular formula is C74H125N13O14. The summed E-state index contributed by atoms with van der Waals surface area (Å²) in [4.78, 5) is 192. The van der Waals surface area contributed by atoms with Crippen LogP contribution in [0.3, 0.4) is 0 Å². The number of nitrogens with one attached hydrogen (secondary N) is 4. The zero-order chi connectivity index (χ0) is 75.5. The van der Waals surface area contributed by atoms with Gasteiger partial charge in [0, 0.05) is 88.0 Å². The summed E-state index contributed by atoms with van der Waals surface area (Å²) in [5.41, 5.74) is 0.691. The van der Waals surface area contributed by atoms with Crippen LogP contribution in [0.25, 0.3) is 0 Å². The summed E-state index contributed by atoms with van der Waals surface area (Å²) in [6.45, 7) is 24.6. The second-order valence-corrected chi connectivity index (χ2v) is 29.9. The number of nitrogens with zero attached hydrogens (tertiary/aromatic N) is 9. The van der Waals surface area contributed by atoms with Gasteiger partial charge in [0.1, 0.15) is 54.4 Å². The molecular weight excluding hydrogens is 1290 g/mol. The lowest BCUT2D eigenvalue weighted by atomic mass is 9.96. The average Bonchev–Trinajstić information content (AvgIpc) is 0.821. The van der Waals surface area contributed by atoms with E-state index in [0.717, 1.165) is 11.3 Å². The maximum Gasteiger partial charge on any atom is 0.248 e. The van der Waals surface area contributed by atoms with Gasteiger partial charge in [-0.25, -0.2) is 0 Å². The quantitative estimate of drug-likeness (QED) is 0.128. The molecule has 12 amide bonds. The van der Waals surface area contributed by atoms with Crippen molar-refractivity contribution >= 4 is 70.9 Å². The standard InChI is InChI=1S/C74H125N13O14/c1-19-21-30-87-46-64(90)81(15)61(43-53-28-24-22-25-29-53)73(98)83(17)59(41-50(7)8)68(93)75-54(39-48(3)4)70(95)82(16)58(40-49(5)6)67(92)76-55(71(96)86-31-26-23-27-32-86)44-62(88)79(13)45-63(89)80(14)57(20-2)66(91)78-65(52(11)12)74(99)84(18)60(42-51(9)10)69(94)77-56(72(87)97)47-101-38-35-85-33-36-100-37-34-85/h22,24-25,28-29,48-52,54-61,65H,19-21,23,26-27,30-47H2,1-18H3,(H,75,93)(H,76,92)(H,77,94)(H,78,91)/t54-,55-,56-,57-,58-,59-,60-,61-,65-/m0/s1. The molecule has 3 heterocycles. The summed E-state index contributed by atoms with van der Waals surface area (Å²) in [5, 5.41) is 11.6. The number of piperidine rings is 1. The van der Waals surface area contributed by atoms with Gasteiger partial charge in [0.15, 0.2) is 0 Å². The number of amides is 12. The fraction of sp³-hybridized carbons (Fsp3) is 0.757. The molecule has 4 N–H and O–H groups in total. The van der Waals surface area contributed by atoms with E-state index in [0.29, 0.717) is 77.2 Å². The number of rotatable bonds is 21. The third-order valence-corrected chi connectivity index (χ3v) is 19.4. The topological polar surface area (TPSA) is 301 Å². The molecule has 3 saturated heterocycles. The third kappa shape index (κ3) is 26.5. The van der Waals surface area contributed by atoms with Gasteiger partial charge in [-0.3, -0.25) is 62.4 Å². The molecule has 0 saturated carbocycles. The molecule has 9 atom stereocenters. The molecule has 1 aromatic rings. The van der Waals surface area contributed by atoms with E-state index in [-0.39, 0.29) is 82.0 Å². The molecule has 0 aliphatic carbocycles. The number of morpholine rings is 1. The van der Waals surface area contributed by atoms with Crippen LogP contribution in [0.2, 0.25) is 0 Å². The van der Waals surface area contributed by atoms with E-state index in [2.05, 4.69) is 26.2 Å². The molecule has 0 aromatic heterocycles. The highest BCUT2D eigenvalue weighted by Crippen LogP contribution is 2.23. The van der Waals surface area contributed by atoms with Gasteiger partial charge >= 0.3 is 0 Å². The smallest absolute Gasteiger partial charge is 0.248 e. The van der Waals surface area contributed by atoms with Crippen molar-refractivity contribution in [2.45, 2.75) is 215 Å². The molecule has 3 fully saturated rings. The lowest BCUT2D eigenvalue weighted by Gasteiger charge is -2.37. The maximum absolute atomic E-state index is 15.5. The van der Waals surface area contributed by atoms with E-state index in [1.54, 1.807) is 37.8 Å². The van der Waals surface area contributed by atoms with Crippen molar-refractivity contribution in [3.63, 3.8) is 0 Å². The number of hydrogen-bond donors (Lipinski definition) is 4. The summed E-state index contributed by atoms with van der Waals surface area (Å²) >= 11 is 0. The Morgan fingerprint density at radius 1 is 0.515 bits per heavy atom. The van der Waals surface area contributed by atoms with Crippen LogP contribution in [0.5, 0.6) is 0 Å². The minimum atomic E-state index is -1.43. The third-order valence-electron chi connectivity index (χ3n) is 19.4. The summed E-state index contributed by atoms with van der Waals surface area (Å²) < 4.78 is 11.8. The Bertz CT molecular complexity index is 2880. The molecule has 1 aromatic carbocycles. The van der Waals surface area contributed by atoms with Gasteiger partial charge in [-0.05, 0) is 92.9 Å². The van der Waals surface area contributed by atoms with Gasteiger partial charge in [-0.15, -0.1) is 0 Å². The fourth-order valence-corrected chi connectivity index (χ4v) is 13.1. The van der Waals surface area contributed by atoms with Gasteiger partial charge in [-0.2, -0.15) is 0 Å².